The number of amides is 1. The molecule has 0 atom stereocenters. The van der Waals surface area contributed by atoms with Crippen LogP contribution in [0.25, 0.3) is 6.08 Å². The van der Waals surface area contributed by atoms with Gasteiger partial charge in [-0.05, 0) is 59.5 Å². The van der Waals surface area contributed by atoms with Crippen LogP contribution in [0.5, 0.6) is 23.0 Å². The Bertz CT molecular complexity index is 1440. The fourth-order valence-electron chi connectivity index (χ4n) is 3.18. The summed E-state index contributed by atoms with van der Waals surface area (Å²) in [5.41, 5.74) is 0.805. The van der Waals surface area contributed by atoms with Crippen LogP contribution >= 0.6 is 11.3 Å². The van der Waals surface area contributed by atoms with Gasteiger partial charge >= 0.3 is 5.97 Å². The zero-order valence-corrected chi connectivity index (χ0v) is 20.0. The standard InChI is InChI=1S/C28H20N2O5S/c1-33-25-17-19(13-14-24(25)35-28(32)26-12-7-15-36-26)16-20(18-29)27(31)30-22-10-5-6-11-23(22)34-21-8-3-2-4-9-21/h2-17H,1H3,(H,30,31)/b20-16+. The number of carbonyl (C=O) groups is 2. The van der Waals surface area contributed by atoms with Crippen molar-refractivity contribution in [2.75, 3.05) is 12.4 Å². The number of anilines is 1. The van der Waals surface area contributed by atoms with Crippen LogP contribution in [0.1, 0.15) is 15.2 Å². The Balaban J connectivity index is 1.52. The topological polar surface area (TPSA) is 97.7 Å². The number of nitrogens with one attached hydrogen (secondary N) is 1. The lowest BCUT2D eigenvalue weighted by Crippen LogP contribution is -2.14. The predicted molar refractivity (Wildman–Crippen MR) is 137 cm³/mol. The molecule has 0 aliphatic carbocycles. The third-order valence-electron chi connectivity index (χ3n) is 4.90. The van der Waals surface area contributed by atoms with Crippen LogP contribution in [0, 0.1) is 11.3 Å². The molecule has 0 saturated heterocycles. The van der Waals surface area contributed by atoms with E-state index in [1.807, 2.05) is 24.3 Å². The third kappa shape index (κ3) is 5.97. The maximum atomic E-state index is 12.9. The van der Waals surface area contributed by atoms with Gasteiger partial charge in [0.2, 0.25) is 0 Å². The first-order chi connectivity index (χ1) is 17.6. The number of thiophene rings is 1. The lowest BCUT2D eigenvalue weighted by Gasteiger charge is -2.12. The van der Waals surface area contributed by atoms with Crippen molar-refractivity contribution in [1.82, 2.24) is 0 Å². The van der Waals surface area contributed by atoms with E-state index in [9.17, 15) is 14.9 Å². The summed E-state index contributed by atoms with van der Waals surface area (Å²) in [6.45, 7) is 0. The molecular formula is C28H20N2O5S. The van der Waals surface area contributed by atoms with Gasteiger partial charge in [-0.15, -0.1) is 11.3 Å². The molecule has 0 saturated carbocycles. The quantitative estimate of drug-likeness (QED) is 0.133. The summed E-state index contributed by atoms with van der Waals surface area (Å²) in [5.74, 6) is 0.458. The minimum atomic E-state index is -0.603. The summed E-state index contributed by atoms with van der Waals surface area (Å²) >= 11 is 1.27. The first-order valence-corrected chi connectivity index (χ1v) is 11.6. The number of esters is 1. The van der Waals surface area contributed by atoms with Crippen molar-refractivity contribution in [3.63, 3.8) is 0 Å². The zero-order chi connectivity index (χ0) is 25.3. The summed E-state index contributed by atoms with van der Waals surface area (Å²) < 4.78 is 16.6. The van der Waals surface area contributed by atoms with Gasteiger partial charge in [0.25, 0.3) is 5.91 Å². The zero-order valence-electron chi connectivity index (χ0n) is 19.1. The molecule has 0 bridgehead atoms. The third-order valence-corrected chi connectivity index (χ3v) is 5.74. The Hall–Kier alpha value is -4.87. The Morgan fingerprint density at radius 2 is 1.69 bits per heavy atom. The maximum Gasteiger partial charge on any atom is 0.353 e. The van der Waals surface area contributed by atoms with Gasteiger partial charge in [0.1, 0.15) is 22.3 Å². The van der Waals surface area contributed by atoms with E-state index in [1.165, 1.54) is 24.5 Å². The van der Waals surface area contributed by atoms with Crippen molar-refractivity contribution in [2.45, 2.75) is 0 Å². The summed E-state index contributed by atoms with van der Waals surface area (Å²) in [6, 6.07) is 26.2. The minimum Gasteiger partial charge on any atom is -0.493 e. The molecule has 178 valence electrons. The number of ether oxygens (including phenoxy) is 3. The van der Waals surface area contributed by atoms with Gasteiger partial charge in [-0.1, -0.05) is 42.5 Å². The van der Waals surface area contributed by atoms with E-state index >= 15 is 0 Å². The molecule has 1 amide bonds. The van der Waals surface area contributed by atoms with Gasteiger partial charge in [-0.3, -0.25) is 4.79 Å². The molecule has 1 aromatic heterocycles. The molecule has 0 aliphatic rings. The smallest absolute Gasteiger partial charge is 0.353 e. The van der Waals surface area contributed by atoms with Crippen LogP contribution in [-0.4, -0.2) is 19.0 Å². The SMILES string of the molecule is COc1cc(/C=C(\C#N)C(=O)Nc2ccccc2Oc2ccccc2)ccc1OC(=O)c1cccs1. The lowest BCUT2D eigenvalue weighted by atomic mass is 10.1. The molecule has 0 unspecified atom stereocenters. The van der Waals surface area contributed by atoms with E-state index in [4.69, 9.17) is 14.2 Å². The highest BCUT2D eigenvalue weighted by Gasteiger charge is 2.16. The molecule has 3 aromatic carbocycles. The van der Waals surface area contributed by atoms with Crippen molar-refractivity contribution in [2.24, 2.45) is 0 Å². The Labute approximate surface area is 211 Å². The van der Waals surface area contributed by atoms with Gasteiger partial charge in [0.05, 0.1) is 12.8 Å². The van der Waals surface area contributed by atoms with Crippen LogP contribution in [0.4, 0.5) is 5.69 Å². The lowest BCUT2D eigenvalue weighted by molar-refractivity contribution is -0.112. The molecule has 0 fully saturated rings. The second-order valence-electron chi connectivity index (χ2n) is 7.31. The average molecular weight is 497 g/mol. The van der Waals surface area contributed by atoms with Crippen LogP contribution in [0.3, 0.4) is 0 Å². The largest absolute Gasteiger partial charge is 0.493 e. The van der Waals surface area contributed by atoms with Crippen LogP contribution in [0.2, 0.25) is 0 Å². The van der Waals surface area contributed by atoms with Crippen molar-refractivity contribution in [1.29, 1.82) is 5.26 Å². The molecular weight excluding hydrogens is 476 g/mol. The highest BCUT2D eigenvalue weighted by Crippen LogP contribution is 2.31. The predicted octanol–water partition coefficient (Wildman–Crippen LogP) is 6.31. The van der Waals surface area contributed by atoms with Crippen LogP contribution in [0.15, 0.2) is 95.9 Å². The molecule has 1 N–H and O–H groups in total. The number of nitrogens with zero attached hydrogens (tertiary/aromatic N) is 1. The first-order valence-electron chi connectivity index (χ1n) is 10.8. The number of hydrogen-bond donors (Lipinski definition) is 1. The number of methoxy groups -OCH3 is 1. The van der Waals surface area contributed by atoms with E-state index in [0.29, 0.717) is 27.6 Å². The van der Waals surface area contributed by atoms with E-state index < -0.39 is 11.9 Å². The summed E-state index contributed by atoms with van der Waals surface area (Å²) in [6.07, 6.45) is 1.42. The van der Waals surface area contributed by atoms with Gasteiger partial charge < -0.3 is 19.5 Å². The second kappa shape index (κ2) is 11.5. The molecule has 4 rings (SSSR count). The monoisotopic (exact) mass is 496 g/mol. The number of carbonyl (C=O) groups excluding carboxylic acids is 2. The van der Waals surface area contributed by atoms with Crippen molar-refractivity contribution in [3.05, 3.63) is 106 Å². The maximum absolute atomic E-state index is 12.9. The van der Waals surface area contributed by atoms with Crippen molar-refractivity contribution < 1.29 is 23.8 Å². The van der Waals surface area contributed by atoms with Crippen molar-refractivity contribution in [3.8, 4) is 29.1 Å². The van der Waals surface area contributed by atoms with Crippen LogP contribution < -0.4 is 19.5 Å². The molecule has 0 spiro atoms. The normalized spacial score (nSPS) is 10.7. The summed E-state index contributed by atoms with van der Waals surface area (Å²) in [4.78, 5) is 25.6. The first kappa shape index (κ1) is 24.3. The van der Waals surface area contributed by atoms with E-state index in [0.717, 1.165) is 0 Å². The Morgan fingerprint density at radius 3 is 2.42 bits per heavy atom. The van der Waals surface area contributed by atoms with E-state index in [2.05, 4.69) is 5.32 Å². The molecule has 7 nitrogen and oxygen atoms in total. The molecule has 1 heterocycles. The van der Waals surface area contributed by atoms with Gasteiger partial charge in [-0.25, -0.2) is 4.79 Å². The summed E-state index contributed by atoms with van der Waals surface area (Å²) in [5, 5.41) is 14.1. The number of nitriles is 1. The molecule has 4 aromatic rings. The van der Waals surface area contributed by atoms with E-state index in [-0.39, 0.29) is 17.1 Å². The fourth-order valence-corrected chi connectivity index (χ4v) is 3.78. The number of benzene rings is 3. The molecule has 36 heavy (non-hydrogen) atoms. The highest BCUT2D eigenvalue weighted by molar-refractivity contribution is 7.12. The van der Waals surface area contributed by atoms with Crippen LogP contribution in [-0.2, 0) is 4.79 Å². The number of hydrogen-bond acceptors (Lipinski definition) is 7. The number of para-hydroxylation sites is 3. The molecule has 0 radical (unpaired) electrons. The van der Waals surface area contributed by atoms with E-state index in [1.54, 1.807) is 72.1 Å². The average Bonchev–Trinajstić information content (AvgIpc) is 3.45. The molecule has 8 heteroatoms. The summed E-state index contributed by atoms with van der Waals surface area (Å²) in [7, 11) is 1.44. The fraction of sp³-hybridized carbons (Fsp3) is 0.0357. The highest BCUT2D eigenvalue weighted by atomic mass is 32.1. The van der Waals surface area contributed by atoms with Gasteiger partial charge in [0, 0.05) is 0 Å². The Kier molecular flexibility index (Phi) is 7.76. The van der Waals surface area contributed by atoms with Gasteiger partial charge in [-0.2, -0.15) is 5.26 Å². The molecule has 0 aliphatic heterocycles. The minimum absolute atomic E-state index is 0.130. The number of rotatable bonds is 8. The van der Waals surface area contributed by atoms with Gasteiger partial charge in [0.15, 0.2) is 17.2 Å². The Morgan fingerprint density at radius 1 is 0.917 bits per heavy atom. The second-order valence-corrected chi connectivity index (χ2v) is 8.26. The van der Waals surface area contributed by atoms with Crippen molar-refractivity contribution >= 4 is 35.0 Å².